The van der Waals surface area contributed by atoms with Crippen molar-refractivity contribution in [2.75, 3.05) is 6.61 Å². The maximum Gasteiger partial charge on any atom is 0.284 e. The highest BCUT2D eigenvalue weighted by atomic mass is 16.6. The summed E-state index contributed by atoms with van der Waals surface area (Å²) in [5, 5.41) is 4.42. The molecule has 2 aliphatic rings. The summed E-state index contributed by atoms with van der Waals surface area (Å²) in [6, 6.07) is 23.4. The highest BCUT2D eigenvalue weighted by Gasteiger charge is 2.28. The summed E-state index contributed by atoms with van der Waals surface area (Å²) in [6.45, 7) is 0.154. The van der Waals surface area contributed by atoms with E-state index in [2.05, 4.69) is 22.7 Å². The van der Waals surface area contributed by atoms with E-state index in [1.54, 1.807) is 6.07 Å². The molecule has 1 amide bonds. The number of nitrogens with zero attached hydrogens (tertiary/aromatic N) is 1. The molecule has 1 heterocycles. The van der Waals surface area contributed by atoms with Crippen LogP contribution >= 0.6 is 0 Å². The Balaban J connectivity index is 1.41. The first-order valence-corrected chi connectivity index (χ1v) is 8.76. The summed E-state index contributed by atoms with van der Waals surface area (Å²) < 4.78 is 11.3. The van der Waals surface area contributed by atoms with Crippen molar-refractivity contribution in [3.05, 3.63) is 83.9 Å². The normalized spacial score (nSPS) is 16.3. The molecule has 1 atom stereocenters. The minimum absolute atomic E-state index is 0.154. The van der Waals surface area contributed by atoms with E-state index >= 15 is 0 Å². The van der Waals surface area contributed by atoms with Gasteiger partial charge in [-0.25, -0.2) is 5.43 Å². The molecule has 3 aromatic rings. The van der Waals surface area contributed by atoms with Crippen molar-refractivity contribution in [2.24, 2.45) is 5.10 Å². The van der Waals surface area contributed by atoms with Gasteiger partial charge in [0, 0.05) is 11.1 Å². The molecule has 1 N–H and O–H groups in total. The standard InChI is InChI=1S/C22H16N2O3/c25-22(20-13-26-18-11-5-6-12-19(18)27-20)24-23-21-16-9-3-1-7-14(16)15-8-2-4-10-17(15)21/h1-12,20H,13H2,(H,24,25)/t20-/m1/s1. The van der Waals surface area contributed by atoms with Gasteiger partial charge in [0.15, 0.2) is 11.5 Å². The topological polar surface area (TPSA) is 59.9 Å². The molecule has 0 saturated heterocycles. The van der Waals surface area contributed by atoms with Crippen molar-refractivity contribution < 1.29 is 14.3 Å². The molecule has 1 aliphatic heterocycles. The van der Waals surface area contributed by atoms with Crippen molar-refractivity contribution in [1.29, 1.82) is 0 Å². The molecule has 0 aromatic heterocycles. The van der Waals surface area contributed by atoms with Gasteiger partial charge < -0.3 is 9.47 Å². The Hall–Kier alpha value is -3.60. The summed E-state index contributed by atoms with van der Waals surface area (Å²) in [5.74, 6) is 0.874. The Morgan fingerprint density at radius 1 is 0.815 bits per heavy atom. The summed E-state index contributed by atoms with van der Waals surface area (Å²) in [7, 11) is 0. The van der Waals surface area contributed by atoms with E-state index in [1.807, 2.05) is 54.6 Å². The second-order valence-corrected chi connectivity index (χ2v) is 6.39. The van der Waals surface area contributed by atoms with Crippen molar-refractivity contribution in [1.82, 2.24) is 5.43 Å². The fraction of sp³-hybridized carbons (Fsp3) is 0.0909. The molecule has 0 bridgehead atoms. The van der Waals surface area contributed by atoms with Crippen LogP contribution in [0, 0.1) is 0 Å². The summed E-state index contributed by atoms with van der Waals surface area (Å²) in [6.07, 6.45) is -0.740. The highest BCUT2D eigenvalue weighted by Crippen LogP contribution is 2.36. The third kappa shape index (κ3) is 2.64. The number of hydrogen-bond acceptors (Lipinski definition) is 4. The van der Waals surface area contributed by atoms with Crippen LogP contribution in [0.3, 0.4) is 0 Å². The second kappa shape index (κ2) is 6.29. The largest absolute Gasteiger partial charge is 0.485 e. The van der Waals surface area contributed by atoms with Crippen molar-refractivity contribution in [2.45, 2.75) is 6.10 Å². The number of hydrazone groups is 1. The molecular weight excluding hydrogens is 340 g/mol. The van der Waals surface area contributed by atoms with Crippen molar-refractivity contribution >= 4 is 11.6 Å². The average molecular weight is 356 g/mol. The Morgan fingerprint density at radius 3 is 2.04 bits per heavy atom. The lowest BCUT2D eigenvalue weighted by atomic mass is 10.1. The second-order valence-electron chi connectivity index (χ2n) is 6.39. The number of para-hydroxylation sites is 2. The van der Waals surface area contributed by atoms with Gasteiger partial charge in [0.2, 0.25) is 6.10 Å². The molecule has 132 valence electrons. The van der Waals surface area contributed by atoms with Gasteiger partial charge in [0.25, 0.3) is 5.91 Å². The van der Waals surface area contributed by atoms with Crippen LogP contribution in [0.5, 0.6) is 11.5 Å². The summed E-state index contributed by atoms with van der Waals surface area (Å²) >= 11 is 0. The van der Waals surface area contributed by atoms with E-state index in [9.17, 15) is 4.79 Å². The Bertz CT molecular complexity index is 1030. The van der Waals surface area contributed by atoms with Crippen LogP contribution in [0.4, 0.5) is 0 Å². The number of benzene rings is 3. The van der Waals surface area contributed by atoms with E-state index < -0.39 is 6.10 Å². The van der Waals surface area contributed by atoms with Gasteiger partial charge in [0.05, 0.1) is 5.71 Å². The predicted molar refractivity (Wildman–Crippen MR) is 102 cm³/mol. The van der Waals surface area contributed by atoms with Gasteiger partial charge in [-0.15, -0.1) is 0 Å². The van der Waals surface area contributed by atoms with Gasteiger partial charge in [-0.05, 0) is 23.3 Å². The third-order valence-corrected chi connectivity index (χ3v) is 4.73. The van der Waals surface area contributed by atoms with Crippen LogP contribution in [0.1, 0.15) is 11.1 Å². The van der Waals surface area contributed by atoms with Gasteiger partial charge in [-0.1, -0.05) is 60.7 Å². The Labute approximate surface area is 156 Å². The van der Waals surface area contributed by atoms with Crippen molar-refractivity contribution in [3.8, 4) is 22.6 Å². The zero-order chi connectivity index (χ0) is 18.2. The fourth-order valence-corrected chi connectivity index (χ4v) is 3.45. The molecule has 0 fully saturated rings. The van der Waals surface area contributed by atoms with E-state index in [-0.39, 0.29) is 12.5 Å². The molecule has 0 saturated carbocycles. The smallest absolute Gasteiger partial charge is 0.284 e. The molecule has 1 aliphatic carbocycles. The lowest BCUT2D eigenvalue weighted by molar-refractivity contribution is -0.130. The Kier molecular flexibility index (Phi) is 3.64. The zero-order valence-electron chi connectivity index (χ0n) is 14.4. The Morgan fingerprint density at radius 2 is 1.37 bits per heavy atom. The molecule has 5 nitrogen and oxygen atoms in total. The maximum atomic E-state index is 12.6. The van der Waals surface area contributed by atoms with Crippen LogP contribution in [0.2, 0.25) is 0 Å². The van der Waals surface area contributed by atoms with E-state index in [1.165, 1.54) is 0 Å². The number of amides is 1. The molecule has 0 unspecified atom stereocenters. The number of fused-ring (bicyclic) bond motifs is 4. The number of ether oxygens (including phenoxy) is 2. The number of rotatable bonds is 2. The highest BCUT2D eigenvalue weighted by molar-refractivity contribution is 6.24. The van der Waals surface area contributed by atoms with E-state index in [0.717, 1.165) is 28.0 Å². The maximum absolute atomic E-state index is 12.6. The number of nitrogens with one attached hydrogen (secondary N) is 1. The minimum Gasteiger partial charge on any atom is -0.485 e. The molecule has 3 aromatic carbocycles. The molecule has 0 radical (unpaired) electrons. The summed E-state index contributed by atoms with van der Waals surface area (Å²) in [5.41, 5.74) is 7.65. The number of hydrogen-bond donors (Lipinski definition) is 1. The van der Waals surface area contributed by atoms with Crippen LogP contribution in [-0.4, -0.2) is 24.3 Å². The van der Waals surface area contributed by atoms with Crippen LogP contribution in [0.15, 0.2) is 77.9 Å². The van der Waals surface area contributed by atoms with Gasteiger partial charge >= 0.3 is 0 Å². The van der Waals surface area contributed by atoms with E-state index in [0.29, 0.717) is 11.5 Å². The molecule has 5 heteroatoms. The van der Waals surface area contributed by atoms with Crippen LogP contribution in [-0.2, 0) is 4.79 Å². The SMILES string of the molecule is O=C(NN=C1c2ccccc2-c2ccccc21)[C@H]1COc2ccccc2O1. The molecule has 5 rings (SSSR count). The van der Waals surface area contributed by atoms with Gasteiger partial charge in [-0.2, -0.15) is 5.10 Å². The lowest BCUT2D eigenvalue weighted by Gasteiger charge is -2.24. The lowest BCUT2D eigenvalue weighted by Crippen LogP contribution is -2.42. The average Bonchev–Trinajstić information content (AvgIpc) is 3.05. The molecule has 0 spiro atoms. The first-order chi connectivity index (χ1) is 13.3. The third-order valence-electron chi connectivity index (χ3n) is 4.73. The van der Waals surface area contributed by atoms with Crippen molar-refractivity contribution in [3.63, 3.8) is 0 Å². The van der Waals surface area contributed by atoms with Gasteiger partial charge in [0.1, 0.15) is 6.61 Å². The van der Waals surface area contributed by atoms with Gasteiger partial charge in [-0.3, -0.25) is 4.79 Å². The number of carbonyl (C=O) groups is 1. The monoisotopic (exact) mass is 356 g/mol. The molecular formula is C22H16N2O3. The zero-order valence-corrected chi connectivity index (χ0v) is 14.4. The summed E-state index contributed by atoms with van der Waals surface area (Å²) in [4.78, 5) is 12.6. The van der Waals surface area contributed by atoms with Crippen LogP contribution < -0.4 is 14.9 Å². The predicted octanol–water partition coefficient (Wildman–Crippen LogP) is 3.38. The molecule has 27 heavy (non-hydrogen) atoms. The number of carbonyl (C=O) groups excluding carboxylic acids is 1. The van der Waals surface area contributed by atoms with Crippen LogP contribution in [0.25, 0.3) is 11.1 Å². The quantitative estimate of drug-likeness (QED) is 0.560. The first kappa shape index (κ1) is 15.6. The minimum atomic E-state index is -0.740. The van der Waals surface area contributed by atoms with E-state index in [4.69, 9.17) is 9.47 Å². The fourth-order valence-electron chi connectivity index (χ4n) is 3.45. The first-order valence-electron chi connectivity index (χ1n) is 8.76.